The lowest BCUT2D eigenvalue weighted by Gasteiger charge is -2.02. The molecule has 0 unspecified atom stereocenters. The number of aromatic nitrogens is 1. The van der Waals surface area contributed by atoms with Crippen molar-refractivity contribution in [3.63, 3.8) is 0 Å². The van der Waals surface area contributed by atoms with Crippen LogP contribution in [0.4, 0.5) is 4.39 Å². The largest absolute Gasteiger partial charge is 0.441 e. The lowest BCUT2D eigenvalue weighted by atomic mass is 10.2. The van der Waals surface area contributed by atoms with Crippen LogP contribution in [0.3, 0.4) is 0 Å². The van der Waals surface area contributed by atoms with Gasteiger partial charge in [-0.05, 0) is 25.1 Å². The van der Waals surface area contributed by atoms with E-state index in [0.717, 1.165) is 6.42 Å². The second-order valence-corrected chi connectivity index (χ2v) is 4.59. The number of hydrogen-bond donors (Lipinski definition) is 2. The lowest BCUT2D eigenvalue weighted by molar-refractivity contribution is -0.121. The molecule has 1 heterocycles. The van der Waals surface area contributed by atoms with Gasteiger partial charge >= 0.3 is 0 Å². The number of aryl methyl sites for hydroxylation is 1. The van der Waals surface area contributed by atoms with Crippen LogP contribution in [0.1, 0.15) is 18.7 Å². The van der Waals surface area contributed by atoms with Crippen molar-refractivity contribution in [2.75, 3.05) is 13.1 Å². The second-order valence-electron chi connectivity index (χ2n) is 4.59. The SMILES string of the molecule is Cl.Cl.NCCCNC(=O)CCc1ncc(-c2ccccc2F)o1. The lowest BCUT2D eigenvalue weighted by Crippen LogP contribution is -2.26. The Morgan fingerprint density at radius 1 is 1.30 bits per heavy atom. The van der Waals surface area contributed by atoms with E-state index in [2.05, 4.69) is 10.3 Å². The smallest absolute Gasteiger partial charge is 0.220 e. The molecular formula is C15H20Cl2FN3O2. The van der Waals surface area contributed by atoms with Crippen LogP contribution in [0.25, 0.3) is 11.3 Å². The van der Waals surface area contributed by atoms with Gasteiger partial charge in [0.25, 0.3) is 0 Å². The number of carbonyl (C=O) groups excluding carboxylic acids is 1. The Labute approximate surface area is 146 Å². The highest BCUT2D eigenvalue weighted by atomic mass is 35.5. The molecule has 8 heteroatoms. The Morgan fingerprint density at radius 3 is 2.74 bits per heavy atom. The first-order chi connectivity index (χ1) is 10.2. The molecule has 0 fully saturated rings. The molecule has 0 spiro atoms. The number of rotatable bonds is 7. The fraction of sp³-hybridized carbons (Fsp3) is 0.333. The maximum Gasteiger partial charge on any atom is 0.220 e. The zero-order valence-electron chi connectivity index (χ0n) is 12.5. The van der Waals surface area contributed by atoms with Gasteiger partial charge in [0.05, 0.1) is 11.8 Å². The Morgan fingerprint density at radius 2 is 2.04 bits per heavy atom. The second kappa shape index (κ2) is 11.0. The number of nitrogens with two attached hydrogens (primary N) is 1. The zero-order valence-corrected chi connectivity index (χ0v) is 14.1. The van der Waals surface area contributed by atoms with Gasteiger partial charge in [0.2, 0.25) is 5.91 Å². The number of nitrogens with zero attached hydrogens (tertiary/aromatic N) is 1. The van der Waals surface area contributed by atoms with Crippen molar-refractivity contribution in [2.45, 2.75) is 19.3 Å². The minimum atomic E-state index is -0.361. The molecule has 1 aromatic heterocycles. The van der Waals surface area contributed by atoms with Crippen molar-refractivity contribution in [3.05, 3.63) is 42.2 Å². The number of hydrogen-bond acceptors (Lipinski definition) is 4. The van der Waals surface area contributed by atoms with Crippen LogP contribution in [-0.2, 0) is 11.2 Å². The molecule has 1 amide bonds. The Balaban J connectivity index is 0.00000242. The Kier molecular flexibility index (Phi) is 10.2. The highest BCUT2D eigenvalue weighted by Crippen LogP contribution is 2.23. The van der Waals surface area contributed by atoms with Crippen LogP contribution < -0.4 is 11.1 Å². The summed E-state index contributed by atoms with van der Waals surface area (Å²) in [5.41, 5.74) is 5.71. The summed E-state index contributed by atoms with van der Waals surface area (Å²) in [6, 6.07) is 6.33. The number of nitrogens with one attached hydrogen (secondary N) is 1. The van der Waals surface area contributed by atoms with E-state index in [-0.39, 0.29) is 43.0 Å². The van der Waals surface area contributed by atoms with E-state index >= 15 is 0 Å². The molecule has 0 aliphatic rings. The first-order valence-corrected chi connectivity index (χ1v) is 6.87. The minimum absolute atomic E-state index is 0. The summed E-state index contributed by atoms with van der Waals surface area (Å²) in [6.45, 7) is 1.12. The molecule has 2 rings (SSSR count). The van der Waals surface area contributed by atoms with Crippen LogP contribution in [0.2, 0.25) is 0 Å². The fourth-order valence-corrected chi connectivity index (χ4v) is 1.85. The van der Waals surface area contributed by atoms with E-state index in [1.165, 1.54) is 12.3 Å². The standard InChI is InChI=1S/C15H18FN3O2.2ClH/c16-12-5-2-1-4-11(12)13-10-19-15(21-13)7-6-14(20)18-9-3-8-17;;/h1-2,4-5,10H,3,6-9,17H2,(H,18,20);2*1H. The summed E-state index contributed by atoms with van der Waals surface area (Å²) >= 11 is 0. The van der Waals surface area contributed by atoms with E-state index in [9.17, 15) is 9.18 Å². The van der Waals surface area contributed by atoms with E-state index < -0.39 is 0 Å². The average Bonchev–Trinajstić information content (AvgIpc) is 2.94. The Hall–Kier alpha value is -1.63. The van der Waals surface area contributed by atoms with Crippen LogP contribution in [0.15, 0.2) is 34.9 Å². The first kappa shape index (κ1) is 21.4. The number of benzene rings is 1. The van der Waals surface area contributed by atoms with Gasteiger partial charge < -0.3 is 15.5 Å². The zero-order chi connectivity index (χ0) is 15.1. The summed E-state index contributed by atoms with van der Waals surface area (Å²) < 4.78 is 19.1. The molecule has 0 aliphatic heterocycles. The molecule has 1 aromatic carbocycles. The number of amides is 1. The highest BCUT2D eigenvalue weighted by Gasteiger charge is 2.11. The number of oxazole rings is 1. The monoisotopic (exact) mass is 363 g/mol. The molecule has 0 bridgehead atoms. The van der Waals surface area contributed by atoms with Crippen molar-refractivity contribution in [1.82, 2.24) is 10.3 Å². The minimum Gasteiger partial charge on any atom is -0.441 e. The van der Waals surface area contributed by atoms with Crippen molar-refractivity contribution in [3.8, 4) is 11.3 Å². The molecule has 3 N–H and O–H groups in total. The van der Waals surface area contributed by atoms with Crippen molar-refractivity contribution in [2.24, 2.45) is 5.73 Å². The topological polar surface area (TPSA) is 81.1 Å². The average molecular weight is 364 g/mol. The van der Waals surface area contributed by atoms with Gasteiger partial charge in [-0.1, -0.05) is 12.1 Å². The van der Waals surface area contributed by atoms with E-state index in [4.69, 9.17) is 10.2 Å². The van der Waals surface area contributed by atoms with Gasteiger partial charge in [-0.15, -0.1) is 24.8 Å². The normalized spacial score (nSPS) is 9.65. The van der Waals surface area contributed by atoms with Crippen LogP contribution in [0.5, 0.6) is 0 Å². The van der Waals surface area contributed by atoms with Gasteiger partial charge in [-0.25, -0.2) is 9.37 Å². The van der Waals surface area contributed by atoms with Crippen LogP contribution >= 0.6 is 24.8 Å². The molecular weight excluding hydrogens is 344 g/mol. The molecule has 0 aliphatic carbocycles. The quantitative estimate of drug-likeness (QED) is 0.741. The maximum absolute atomic E-state index is 13.6. The summed E-state index contributed by atoms with van der Waals surface area (Å²) in [5.74, 6) is 0.350. The first-order valence-electron chi connectivity index (χ1n) is 6.87. The molecule has 23 heavy (non-hydrogen) atoms. The third-order valence-electron chi connectivity index (χ3n) is 2.96. The van der Waals surface area contributed by atoms with Gasteiger partial charge in [0.15, 0.2) is 11.7 Å². The van der Waals surface area contributed by atoms with Gasteiger partial charge in [0, 0.05) is 19.4 Å². The predicted octanol–water partition coefficient (Wildman–Crippen LogP) is 2.72. The van der Waals surface area contributed by atoms with Gasteiger partial charge in [0.1, 0.15) is 5.82 Å². The summed E-state index contributed by atoms with van der Waals surface area (Å²) in [6.07, 6.45) is 2.88. The maximum atomic E-state index is 13.6. The molecule has 0 radical (unpaired) electrons. The summed E-state index contributed by atoms with van der Waals surface area (Å²) in [7, 11) is 0. The van der Waals surface area contributed by atoms with Crippen molar-refractivity contribution >= 4 is 30.7 Å². The highest BCUT2D eigenvalue weighted by molar-refractivity contribution is 5.85. The predicted molar refractivity (Wildman–Crippen MR) is 91.4 cm³/mol. The third-order valence-corrected chi connectivity index (χ3v) is 2.96. The molecule has 128 valence electrons. The van der Waals surface area contributed by atoms with Gasteiger partial charge in [-0.2, -0.15) is 0 Å². The Bertz CT molecular complexity index is 608. The fourth-order valence-electron chi connectivity index (χ4n) is 1.85. The summed E-state index contributed by atoms with van der Waals surface area (Å²) in [4.78, 5) is 15.6. The molecule has 0 atom stereocenters. The van der Waals surface area contributed by atoms with Crippen LogP contribution in [-0.4, -0.2) is 24.0 Å². The van der Waals surface area contributed by atoms with E-state index in [0.29, 0.717) is 36.7 Å². The molecule has 0 saturated carbocycles. The number of carbonyl (C=O) groups is 1. The van der Waals surface area contributed by atoms with Crippen LogP contribution in [0, 0.1) is 5.82 Å². The molecule has 5 nitrogen and oxygen atoms in total. The van der Waals surface area contributed by atoms with E-state index in [1.54, 1.807) is 18.2 Å². The van der Waals surface area contributed by atoms with Crippen molar-refractivity contribution < 1.29 is 13.6 Å². The summed E-state index contributed by atoms with van der Waals surface area (Å²) in [5, 5.41) is 2.75. The number of halogens is 3. The third kappa shape index (κ3) is 6.56. The van der Waals surface area contributed by atoms with Gasteiger partial charge in [-0.3, -0.25) is 4.79 Å². The molecule has 0 saturated heterocycles. The molecule has 2 aromatic rings. The van der Waals surface area contributed by atoms with E-state index in [1.807, 2.05) is 0 Å². The van der Waals surface area contributed by atoms with Crippen molar-refractivity contribution in [1.29, 1.82) is 0 Å².